The van der Waals surface area contributed by atoms with Crippen LogP contribution in [0.4, 0.5) is 0 Å². The molecule has 0 aromatic rings. The van der Waals surface area contributed by atoms with Gasteiger partial charge in [0, 0.05) is 0 Å². The molecule has 0 rings (SSSR count). The van der Waals surface area contributed by atoms with E-state index in [-0.39, 0.29) is 0 Å². The molecule has 0 aliphatic carbocycles. The lowest BCUT2D eigenvalue weighted by Gasteiger charge is -2.11. The topological polar surface area (TPSA) is 47.9 Å². The fraction of sp³-hybridized carbons (Fsp3) is 1.00. The molecular weight excluding hydrogens is 167 g/mol. The zero-order chi connectivity index (χ0) is 8.74. The predicted molar refractivity (Wildman–Crippen MR) is 44.0 cm³/mol. The van der Waals surface area contributed by atoms with E-state index in [2.05, 4.69) is 0 Å². The molecule has 0 aliphatic heterocycles. The van der Waals surface area contributed by atoms with Gasteiger partial charge in [-0.1, -0.05) is 0 Å². The molecule has 68 valence electrons. The maximum absolute atomic E-state index is 9.46. The normalized spacial score (nSPS) is 12.0. The van der Waals surface area contributed by atoms with Crippen LogP contribution < -0.4 is 0 Å². The Bertz CT molecular complexity index is 81.6. The molecule has 0 spiro atoms. The summed E-state index contributed by atoms with van der Waals surface area (Å²) in [5, 5.41) is 0. The maximum atomic E-state index is 9.46. The van der Waals surface area contributed by atoms with Gasteiger partial charge >= 0.3 is 8.17 Å². The van der Waals surface area contributed by atoms with Crippen molar-refractivity contribution in [3.8, 4) is 0 Å². The van der Waals surface area contributed by atoms with Crippen molar-refractivity contribution in [1.29, 1.82) is 0 Å². The summed E-state index contributed by atoms with van der Waals surface area (Å²) in [4.78, 5) is 9.46. The van der Waals surface area contributed by atoms with Crippen molar-refractivity contribution in [2.75, 3.05) is 19.8 Å². The van der Waals surface area contributed by atoms with Crippen molar-refractivity contribution in [2.24, 2.45) is 0 Å². The van der Waals surface area contributed by atoms with Crippen LogP contribution in [0.15, 0.2) is 0 Å². The zero-order valence-electron chi connectivity index (χ0n) is 7.24. The van der Waals surface area contributed by atoms with Gasteiger partial charge in [0.15, 0.2) is 0 Å². The van der Waals surface area contributed by atoms with Crippen LogP contribution in [0.3, 0.4) is 0 Å². The lowest BCUT2D eigenvalue weighted by molar-refractivity contribution is 0.0929. The van der Waals surface area contributed by atoms with E-state index in [0.29, 0.717) is 19.8 Å². The van der Waals surface area contributed by atoms with Gasteiger partial charge in [0.05, 0.1) is 19.8 Å². The molecule has 0 radical (unpaired) electrons. The summed E-state index contributed by atoms with van der Waals surface area (Å²) in [5.74, 6) is 0. The van der Waals surface area contributed by atoms with Gasteiger partial charge < -0.3 is 0 Å². The van der Waals surface area contributed by atoms with Gasteiger partial charge in [-0.25, -0.2) is 0 Å². The molecule has 1 N–H and O–H groups in total. The number of rotatable bonds is 6. The van der Waals surface area contributed by atoms with Crippen LogP contribution in [0.25, 0.3) is 0 Å². The van der Waals surface area contributed by atoms with Gasteiger partial charge in [-0.05, 0) is 20.8 Å². The monoisotopic (exact) mass is 183 g/mol. The molecule has 5 heteroatoms. The average Bonchev–Trinajstić information content (AvgIpc) is 1.88. The van der Waals surface area contributed by atoms with E-state index in [9.17, 15) is 4.89 Å². The molecular formula is C6H16O4P+. The Labute approximate surface area is 68.1 Å². The van der Waals surface area contributed by atoms with Crippen molar-refractivity contribution < 1.29 is 18.5 Å². The van der Waals surface area contributed by atoms with E-state index in [0.717, 1.165) is 0 Å². The summed E-state index contributed by atoms with van der Waals surface area (Å²) < 4.78 is 14.8. The molecule has 0 aromatic carbocycles. The fourth-order valence-electron chi connectivity index (χ4n) is 0.601. The van der Waals surface area contributed by atoms with Crippen LogP contribution in [-0.4, -0.2) is 24.7 Å². The van der Waals surface area contributed by atoms with E-state index < -0.39 is 8.17 Å². The molecule has 0 saturated heterocycles. The molecule has 0 amide bonds. The van der Waals surface area contributed by atoms with Gasteiger partial charge in [0.25, 0.3) is 0 Å². The third-order valence-corrected chi connectivity index (χ3v) is 2.63. The molecule has 0 bridgehead atoms. The van der Waals surface area contributed by atoms with E-state index in [1.165, 1.54) is 0 Å². The Morgan fingerprint density at radius 2 is 1.18 bits per heavy atom. The minimum Gasteiger partial charge on any atom is -0.168 e. The average molecular weight is 183 g/mol. The molecule has 0 aromatic heterocycles. The minimum atomic E-state index is -2.97. The molecule has 0 saturated carbocycles. The number of hydrogen-bond acceptors (Lipinski definition) is 4. The third-order valence-electron chi connectivity index (χ3n) is 0.877. The van der Waals surface area contributed by atoms with Gasteiger partial charge in [-0.15, -0.1) is 0 Å². The fourth-order valence-corrected chi connectivity index (χ4v) is 1.80. The van der Waals surface area contributed by atoms with E-state index in [1.54, 1.807) is 20.8 Å². The highest BCUT2D eigenvalue weighted by molar-refractivity contribution is 7.55. The summed E-state index contributed by atoms with van der Waals surface area (Å²) in [6, 6.07) is 0. The standard InChI is InChI=1S/C6H16O4P/c1-4-8-11(7,9-5-2)10-6-3/h7H,4-6H2,1-3H3/q+1. The highest BCUT2D eigenvalue weighted by atomic mass is 31.2. The van der Waals surface area contributed by atoms with Crippen molar-refractivity contribution in [2.45, 2.75) is 20.8 Å². The Kier molecular flexibility index (Phi) is 6.01. The first kappa shape index (κ1) is 11.3. The first-order valence-electron chi connectivity index (χ1n) is 3.74. The first-order valence-corrected chi connectivity index (χ1v) is 5.23. The second kappa shape index (κ2) is 5.86. The molecule has 4 nitrogen and oxygen atoms in total. The molecule has 0 fully saturated rings. The third kappa shape index (κ3) is 4.67. The van der Waals surface area contributed by atoms with E-state index >= 15 is 0 Å². The summed E-state index contributed by atoms with van der Waals surface area (Å²) >= 11 is 0. The second-order valence-corrected chi connectivity index (χ2v) is 3.43. The lowest BCUT2D eigenvalue weighted by atomic mass is 10.9. The molecule has 0 aliphatic rings. The smallest absolute Gasteiger partial charge is 0.168 e. The zero-order valence-corrected chi connectivity index (χ0v) is 8.13. The Morgan fingerprint density at radius 3 is 1.36 bits per heavy atom. The van der Waals surface area contributed by atoms with Crippen LogP contribution >= 0.6 is 8.17 Å². The van der Waals surface area contributed by atoms with Crippen LogP contribution in [-0.2, 0) is 13.6 Å². The highest BCUT2D eigenvalue weighted by Gasteiger charge is 2.42. The summed E-state index contributed by atoms with van der Waals surface area (Å²) in [6.07, 6.45) is 0. The first-order chi connectivity index (χ1) is 5.18. The number of hydrogen-bond donors (Lipinski definition) is 1. The van der Waals surface area contributed by atoms with Crippen LogP contribution in [0, 0.1) is 0 Å². The predicted octanol–water partition coefficient (Wildman–Crippen LogP) is 1.77. The lowest BCUT2D eigenvalue weighted by Crippen LogP contribution is -2.06. The Balaban J connectivity index is 3.79. The summed E-state index contributed by atoms with van der Waals surface area (Å²) in [6.45, 7) is 6.52. The van der Waals surface area contributed by atoms with Gasteiger partial charge in [-0.2, -0.15) is 18.5 Å². The highest BCUT2D eigenvalue weighted by Crippen LogP contribution is 2.57. The molecule has 0 heterocycles. The van der Waals surface area contributed by atoms with Gasteiger partial charge in [0.2, 0.25) is 0 Å². The quantitative estimate of drug-likeness (QED) is 0.637. The molecule has 11 heavy (non-hydrogen) atoms. The van der Waals surface area contributed by atoms with Crippen molar-refractivity contribution in [3.63, 3.8) is 0 Å². The SMILES string of the molecule is CCO[P+](O)(OCC)OCC. The Hall–Kier alpha value is 0.270. The summed E-state index contributed by atoms with van der Waals surface area (Å²) in [7, 11) is -2.97. The van der Waals surface area contributed by atoms with Crippen molar-refractivity contribution >= 4 is 8.17 Å². The maximum Gasteiger partial charge on any atom is 0.572 e. The van der Waals surface area contributed by atoms with Crippen LogP contribution in [0.5, 0.6) is 0 Å². The van der Waals surface area contributed by atoms with Crippen molar-refractivity contribution in [1.82, 2.24) is 0 Å². The summed E-state index contributed by atoms with van der Waals surface area (Å²) in [5.41, 5.74) is 0. The largest absolute Gasteiger partial charge is 0.572 e. The molecule has 0 unspecified atom stereocenters. The van der Waals surface area contributed by atoms with Crippen LogP contribution in [0.1, 0.15) is 20.8 Å². The van der Waals surface area contributed by atoms with Crippen LogP contribution in [0.2, 0.25) is 0 Å². The van der Waals surface area contributed by atoms with Gasteiger partial charge in [-0.3, -0.25) is 0 Å². The minimum absolute atomic E-state index is 0.393. The second-order valence-electron chi connectivity index (χ2n) is 1.72. The van der Waals surface area contributed by atoms with E-state index in [4.69, 9.17) is 13.6 Å². The van der Waals surface area contributed by atoms with E-state index in [1.807, 2.05) is 0 Å². The van der Waals surface area contributed by atoms with Crippen molar-refractivity contribution in [3.05, 3.63) is 0 Å². The van der Waals surface area contributed by atoms with Gasteiger partial charge in [0.1, 0.15) is 0 Å². The Morgan fingerprint density at radius 1 is 0.909 bits per heavy atom. The molecule has 0 atom stereocenters.